The minimum absolute atomic E-state index is 0.231. The van der Waals surface area contributed by atoms with E-state index in [0.29, 0.717) is 35.7 Å². The zero-order chi connectivity index (χ0) is 23.1. The lowest BCUT2D eigenvalue weighted by atomic mass is 9.97. The van der Waals surface area contributed by atoms with Crippen LogP contribution in [-0.2, 0) is 6.54 Å². The maximum atomic E-state index is 13.0. The van der Waals surface area contributed by atoms with E-state index in [9.17, 15) is 9.59 Å². The molecule has 5 aromatic rings. The molecule has 1 N–H and O–H groups in total. The molecule has 0 saturated carbocycles. The largest absolute Gasteiger partial charge is 0.490 e. The first-order valence-electron chi connectivity index (χ1n) is 11.2. The molecule has 0 unspecified atom stereocenters. The molecule has 3 aromatic carbocycles. The van der Waals surface area contributed by atoms with Crippen LogP contribution in [0.25, 0.3) is 32.9 Å². The van der Waals surface area contributed by atoms with E-state index in [4.69, 9.17) is 9.47 Å². The van der Waals surface area contributed by atoms with Crippen molar-refractivity contribution in [3.63, 3.8) is 0 Å². The Morgan fingerprint density at radius 3 is 2.62 bits per heavy atom. The van der Waals surface area contributed by atoms with Crippen LogP contribution in [0.5, 0.6) is 11.5 Å². The third kappa shape index (κ3) is 3.42. The molecule has 1 aliphatic rings. The van der Waals surface area contributed by atoms with Gasteiger partial charge in [0, 0.05) is 18.2 Å². The number of H-pyrrole nitrogens is 1. The third-order valence-corrected chi connectivity index (χ3v) is 6.11. The van der Waals surface area contributed by atoms with E-state index in [0.717, 1.165) is 33.9 Å². The summed E-state index contributed by atoms with van der Waals surface area (Å²) in [6, 6.07) is 21.4. The number of rotatable bonds is 3. The average Bonchev–Trinajstić information content (AvgIpc) is 3.11. The molecular formula is C27H21N3O4. The Labute approximate surface area is 194 Å². The Morgan fingerprint density at radius 2 is 1.71 bits per heavy atom. The molecule has 0 bridgehead atoms. The van der Waals surface area contributed by atoms with Crippen molar-refractivity contribution in [3.8, 4) is 22.6 Å². The highest BCUT2D eigenvalue weighted by Crippen LogP contribution is 2.33. The highest BCUT2D eigenvalue weighted by molar-refractivity contribution is 6.03. The van der Waals surface area contributed by atoms with Gasteiger partial charge in [-0.3, -0.25) is 14.3 Å². The van der Waals surface area contributed by atoms with Crippen molar-refractivity contribution in [2.75, 3.05) is 13.2 Å². The zero-order valence-corrected chi connectivity index (χ0v) is 18.3. The van der Waals surface area contributed by atoms with E-state index < -0.39 is 11.2 Å². The van der Waals surface area contributed by atoms with E-state index in [-0.39, 0.29) is 6.54 Å². The maximum Gasteiger partial charge on any atom is 0.330 e. The van der Waals surface area contributed by atoms with Crippen molar-refractivity contribution in [2.24, 2.45) is 0 Å². The minimum atomic E-state index is -0.507. The number of ether oxygens (including phenoxy) is 2. The van der Waals surface area contributed by atoms with Crippen LogP contribution < -0.4 is 20.7 Å². The number of aromatic nitrogens is 3. The topological polar surface area (TPSA) is 86.2 Å². The summed E-state index contributed by atoms with van der Waals surface area (Å²) in [5.41, 5.74) is 1.87. The normalized spacial score (nSPS) is 13.2. The summed E-state index contributed by atoms with van der Waals surface area (Å²) in [6.07, 6.45) is 2.46. The molecule has 2 aromatic heterocycles. The van der Waals surface area contributed by atoms with Crippen molar-refractivity contribution in [1.29, 1.82) is 0 Å². The van der Waals surface area contributed by atoms with Gasteiger partial charge in [-0.2, -0.15) is 0 Å². The number of nitrogens with one attached hydrogen (secondary N) is 1. The summed E-state index contributed by atoms with van der Waals surface area (Å²) >= 11 is 0. The molecule has 0 fully saturated rings. The summed E-state index contributed by atoms with van der Waals surface area (Å²) in [4.78, 5) is 32.8. The third-order valence-electron chi connectivity index (χ3n) is 6.11. The Morgan fingerprint density at radius 1 is 0.882 bits per heavy atom. The summed E-state index contributed by atoms with van der Waals surface area (Å²) in [7, 11) is 0. The molecule has 6 rings (SSSR count). The van der Waals surface area contributed by atoms with Crippen LogP contribution in [0.15, 0.2) is 82.5 Å². The minimum Gasteiger partial charge on any atom is -0.490 e. The summed E-state index contributed by atoms with van der Waals surface area (Å²) in [5, 5.41) is 2.48. The highest BCUT2D eigenvalue weighted by Gasteiger charge is 2.17. The van der Waals surface area contributed by atoms with Crippen LogP contribution in [0.2, 0.25) is 0 Å². The van der Waals surface area contributed by atoms with Gasteiger partial charge in [-0.15, -0.1) is 0 Å². The molecule has 1 aliphatic heterocycles. The molecule has 168 valence electrons. The van der Waals surface area contributed by atoms with Gasteiger partial charge in [0.25, 0.3) is 5.56 Å². The molecule has 0 amide bonds. The second kappa shape index (κ2) is 8.19. The molecule has 3 heterocycles. The van der Waals surface area contributed by atoms with Crippen molar-refractivity contribution < 1.29 is 9.47 Å². The number of nitrogens with zero attached hydrogens (tertiary/aromatic N) is 2. The number of pyridine rings is 1. The fraction of sp³-hybridized carbons (Fsp3) is 0.148. The predicted molar refractivity (Wildman–Crippen MR) is 131 cm³/mol. The molecule has 0 aliphatic carbocycles. The fourth-order valence-corrected chi connectivity index (χ4v) is 4.52. The van der Waals surface area contributed by atoms with Gasteiger partial charge >= 0.3 is 5.69 Å². The van der Waals surface area contributed by atoms with Gasteiger partial charge in [-0.25, -0.2) is 9.78 Å². The monoisotopic (exact) mass is 451 g/mol. The molecule has 0 atom stereocenters. The van der Waals surface area contributed by atoms with E-state index in [2.05, 4.69) is 9.97 Å². The molecule has 0 saturated heterocycles. The van der Waals surface area contributed by atoms with Crippen LogP contribution in [0.1, 0.15) is 12.0 Å². The van der Waals surface area contributed by atoms with Crippen LogP contribution in [0, 0.1) is 0 Å². The number of aromatic amines is 1. The standard InChI is InChI=1S/C27H21N3O4/c31-26-24-21(20-8-3-6-18-5-1-2-7-19(18)20)11-12-28-25(24)30(27(32)29-26)16-17-9-10-22-23(15-17)34-14-4-13-33-22/h1-3,5-12,15H,4,13-14,16H2,(H,29,31,32). The van der Waals surface area contributed by atoms with Gasteiger partial charge < -0.3 is 9.47 Å². The number of benzene rings is 3. The number of hydrogen-bond donors (Lipinski definition) is 1. The van der Waals surface area contributed by atoms with Gasteiger partial charge in [-0.05, 0) is 40.1 Å². The van der Waals surface area contributed by atoms with Gasteiger partial charge in [0.05, 0.1) is 25.1 Å². The molecule has 0 radical (unpaired) electrons. The highest BCUT2D eigenvalue weighted by atomic mass is 16.5. The smallest absolute Gasteiger partial charge is 0.330 e. The Bertz CT molecular complexity index is 1660. The van der Waals surface area contributed by atoms with E-state index in [1.54, 1.807) is 6.20 Å². The Hall–Kier alpha value is -4.39. The van der Waals surface area contributed by atoms with E-state index >= 15 is 0 Å². The van der Waals surface area contributed by atoms with Crippen LogP contribution in [0.3, 0.4) is 0 Å². The Kier molecular flexibility index (Phi) is 4.87. The van der Waals surface area contributed by atoms with Gasteiger partial charge in [0.15, 0.2) is 11.5 Å². The van der Waals surface area contributed by atoms with Crippen molar-refractivity contribution in [3.05, 3.63) is 99.3 Å². The van der Waals surface area contributed by atoms with E-state index in [1.807, 2.05) is 66.7 Å². The number of fused-ring (bicyclic) bond motifs is 3. The molecule has 7 heteroatoms. The van der Waals surface area contributed by atoms with Gasteiger partial charge in [-0.1, -0.05) is 48.5 Å². The number of hydrogen-bond acceptors (Lipinski definition) is 5. The van der Waals surface area contributed by atoms with Crippen molar-refractivity contribution >= 4 is 21.8 Å². The quantitative estimate of drug-likeness (QED) is 0.446. The average molecular weight is 451 g/mol. The summed E-state index contributed by atoms with van der Waals surface area (Å²) in [5.74, 6) is 1.34. The van der Waals surface area contributed by atoms with Gasteiger partial charge in [0.2, 0.25) is 0 Å². The molecule has 7 nitrogen and oxygen atoms in total. The van der Waals surface area contributed by atoms with Gasteiger partial charge in [0.1, 0.15) is 5.65 Å². The summed E-state index contributed by atoms with van der Waals surface area (Å²) in [6.45, 7) is 1.42. The lowest BCUT2D eigenvalue weighted by molar-refractivity contribution is 0.297. The summed E-state index contributed by atoms with van der Waals surface area (Å²) < 4.78 is 13.0. The van der Waals surface area contributed by atoms with Crippen LogP contribution >= 0.6 is 0 Å². The first-order chi connectivity index (χ1) is 16.7. The lowest BCUT2D eigenvalue weighted by Gasteiger charge is -2.14. The SMILES string of the molecule is O=c1[nH]c(=O)n(Cc2ccc3c(c2)OCCCO3)c2nccc(-c3cccc4ccccc34)c12. The molecule has 0 spiro atoms. The molecule has 34 heavy (non-hydrogen) atoms. The van der Waals surface area contributed by atoms with E-state index in [1.165, 1.54) is 4.57 Å². The second-order valence-corrected chi connectivity index (χ2v) is 8.26. The predicted octanol–water partition coefficient (Wildman–Crippen LogP) is 4.11. The lowest BCUT2D eigenvalue weighted by Crippen LogP contribution is -2.31. The van der Waals surface area contributed by atoms with Crippen LogP contribution in [0.4, 0.5) is 0 Å². The first kappa shape index (κ1) is 20.2. The van der Waals surface area contributed by atoms with Crippen molar-refractivity contribution in [1.82, 2.24) is 14.5 Å². The maximum absolute atomic E-state index is 13.0. The molecular weight excluding hydrogens is 430 g/mol. The van der Waals surface area contributed by atoms with Crippen LogP contribution in [-0.4, -0.2) is 27.7 Å². The Balaban J connectivity index is 1.53. The van der Waals surface area contributed by atoms with Crippen molar-refractivity contribution in [2.45, 2.75) is 13.0 Å². The zero-order valence-electron chi connectivity index (χ0n) is 18.3. The second-order valence-electron chi connectivity index (χ2n) is 8.26. The fourth-order valence-electron chi connectivity index (χ4n) is 4.52. The first-order valence-corrected chi connectivity index (χ1v) is 11.2.